The van der Waals surface area contributed by atoms with Crippen molar-refractivity contribution in [1.29, 1.82) is 0 Å². The van der Waals surface area contributed by atoms with Gasteiger partial charge in [-0.1, -0.05) is 20.8 Å². The summed E-state index contributed by atoms with van der Waals surface area (Å²) in [5, 5.41) is 6.99. The first kappa shape index (κ1) is 10.9. The molecule has 0 bridgehead atoms. The van der Waals surface area contributed by atoms with Gasteiger partial charge in [0.05, 0.1) is 4.75 Å². The Balaban J connectivity index is 4.92. The highest BCUT2D eigenvalue weighted by Gasteiger charge is 2.38. The minimum atomic E-state index is -3.66. The van der Waals surface area contributed by atoms with Crippen molar-refractivity contribution in [1.82, 2.24) is 5.14 Å². The van der Waals surface area contributed by atoms with Crippen molar-refractivity contribution < 1.29 is 8.42 Å². The fourth-order valence-electron chi connectivity index (χ4n) is 0.909. The van der Waals surface area contributed by atoms with E-state index >= 15 is 0 Å². The number of hydrogen-bond acceptors (Lipinski definition) is 2. The smallest absolute Gasteiger partial charge is 0.211 e. The highest BCUT2D eigenvalue weighted by molar-refractivity contribution is 7.90. The van der Waals surface area contributed by atoms with Gasteiger partial charge in [-0.05, 0) is 19.3 Å². The van der Waals surface area contributed by atoms with Crippen LogP contribution in [-0.2, 0) is 10.0 Å². The van der Waals surface area contributed by atoms with Gasteiger partial charge in [-0.25, -0.2) is 8.42 Å². The van der Waals surface area contributed by atoms with E-state index in [0.717, 1.165) is 0 Å². The summed E-state index contributed by atoms with van der Waals surface area (Å²) in [5.74, 6) is -0.00463. The second kappa shape index (κ2) is 3.11. The monoisotopic (exact) mass is 178 g/mol. The van der Waals surface area contributed by atoms with Crippen LogP contribution in [0.4, 0.5) is 0 Å². The largest absolute Gasteiger partial charge is 0.230 e. The van der Waals surface area contributed by atoms with E-state index < -0.39 is 14.8 Å². The van der Waals surface area contributed by atoms with E-state index in [1.54, 1.807) is 13.8 Å². The molecule has 1 unspecified atom stereocenters. The van der Waals surface area contributed by atoms with Crippen LogP contribution in [0.2, 0.25) is 0 Å². The van der Waals surface area contributed by atoms with Crippen LogP contribution in [0.25, 0.3) is 0 Å². The zero-order chi connectivity index (χ0) is 9.28. The lowest BCUT2D eigenvalue weighted by molar-refractivity contribution is 0.415. The van der Waals surface area contributed by atoms with Crippen LogP contribution in [0.15, 0.2) is 0 Å². The molecule has 0 aliphatic carbocycles. The summed E-state index contributed by atoms with van der Waals surface area (Å²) >= 11 is 0. The SMILES string of the molecule is CCC(C)(C(C)C)S([NH])(=O)=O. The highest BCUT2D eigenvalue weighted by atomic mass is 32.2. The predicted molar refractivity (Wildman–Crippen MR) is 45.6 cm³/mol. The molecular formula is C7H16NO2S. The zero-order valence-electron chi connectivity index (χ0n) is 7.51. The minimum Gasteiger partial charge on any atom is -0.211 e. The molecule has 1 radical (unpaired) electrons. The molecule has 1 N–H and O–H groups in total. The van der Waals surface area contributed by atoms with Gasteiger partial charge in [0.25, 0.3) is 0 Å². The standard InChI is InChI=1S/C7H16NO2S/c1-5-7(4,6(2)3)11(8,9)10/h6,8H,5H2,1-4H3. The molecule has 0 saturated heterocycles. The van der Waals surface area contributed by atoms with E-state index in [1.807, 2.05) is 13.8 Å². The molecule has 0 aliphatic rings. The van der Waals surface area contributed by atoms with Gasteiger partial charge in [0.15, 0.2) is 0 Å². The quantitative estimate of drug-likeness (QED) is 0.656. The van der Waals surface area contributed by atoms with E-state index in [1.165, 1.54) is 0 Å². The molecular weight excluding hydrogens is 162 g/mol. The Labute approximate surface area is 69.0 Å². The molecule has 0 saturated carbocycles. The first-order valence-corrected chi connectivity index (χ1v) is 5.23. The van der Waals surface area contributed by atoms with Gasteiger partial charge in [0, 0.05) is 0 Å². The van der Waals surface area contributed by atoms with Crippen LogP contribution in [0.1, 0.15) is 34.1 Å². The number of sulfonamides is 1. The summed E-state index contributed by atoms with van der Waals surface area (Å²) in [5.41, 5.74) is 0. The molecule has 1 atom stereocenters. The fourth-order valence-corrected chi connectivity index (χ4v) is 1.91. The van der Waals surface area contributed by atoms with Crippen molar-refractivity contribution >= 4 is 10.0 Å². The van der Waals surface area contributed by atoms with Crippen LogP contribution in [0.3, 0.4) is 0 Å². The molecule has 11 heavy (non-hydrogen) atoms. The van der Waals surface area contributed by atoms with Crippen molar-refractivity contribution in [3.8, 4) is 0 Å². The van der Waals surface area contributed by atoms with Crippen molar-refractivity contribution in [3.63, 3.8) is 0 Å². The molecule has 0 amide bonds. The first-order chi connectivity index (χ1) is 4.75. The van der Waals surface area contributed by atoms with Gasteiger partial charge >= 0.3 is 0 Å². The van der Waals surface area contributed by atoms with Crippen LogP contribution < -0.4 is 5.14 Å². The van der Waals surface area contributed by atoms with Crippen LogP contribution in [0, 0.1) is 5.92 Å². The second-order valence-electron chi connectivity index (χ2n) is 3.32. The summed E-state index contributed by atoms with van der Waals surface area (Å²) < 4.78 is 21.1. The van der Waals surface area contributed by atoms with E-state index in [2.05, 4.69) is 0 Å². The second-order valence-corrected chi connectivity index (χ2v) is 5.26. The van der Waals surface area contributed by atoms with Gasteiger partial charge in [-0.3, -0.25) is 0 Å². The molecule has 0 aromatic rings. The van der Waals surface area contributed by atoms with Crippen molar-refractivity contribution in [2.24, 2.45) is 5.92 Å². The average Bonchev–Trinajstić information content (AvgIpc) is 1.83. The van der Waals surface area contributed by atoms with E-state index in [0.29, 0.717) is 6.42 Å². The summed E-state index contributed by atoms with van der Waals surface area (Å²) in [6, 6.07) is 0. The van der Waals surface area contributed by atoms with Gasteiger partial charge in [-0.15, -0.1) is 5.14 Å². The Morgan fingerprint density at radius 3 is 1.82 bits per heavy atom. The lowest BCUT2D eigenvalue weighted by Gasteiger charge is -2.28. The van der Waals surface area contributed by atoms with Gasteiger partial charge in [0.1, 0.15) is 0 Å². The van der Waals surface area contributed by atoms with Gasteiger partial charge in [-0.2, -0.15) is 0 Å². The Morgan fingerprint density at radius 2 is 1.82 bits per heavy atom. The number of nitrogens with one attached hydrogen (secondary N) is 1. The van der Waals surface area contributed by atoms with E-state index in [9.17, 15) is 8.42 Å². The normalized spacial score (nSPS) is 18.4. The molecule has 0 spiro atoms. The maximum Gasteiger partial charge on any atom is 0.230 e. The number of hydrogen-bond donors (Lipinski definition) is 0. The molecule has 0 aliphatic heterocycles. The van der Waals surface area contributed by atoms with Crippen LogP contribution in [-0.4, -0.2) is 13.2 Å². The summed E-state index contributed by atoms with van der Waals surface area (Å²) in [6.45, 7) is 7.08. The molecule has 0 heterocycles. The molecule has 3 nitrogen and oxygen atoms in total. The third kappa shape index (κ3) is 1.93. The zero-order valence-corrected chi connectivity index (χ0v) is 8.33. The maximum absolute atomic E-state index is 11.0. The van der Waals surface area contributed by atoms with Gasteiger partial charge in [0.2, 0.25) is 10.0 Å². The average molecular weight is 178 g/mol. The van der Waals surface area contributed by atoms with Gasteiger partial charge < -0.3 is 0 Å². The Kier molecular flexibility index (Phi) is 3.08. The fraction of sp³-hybridized carbons (Fsp3) is 1.00. The van der Waals surface area contributed by atoms with Crippen molar-refractivity contribution in [2.45, 2.75) is 38.9 Å². The van der Waals surface area contributed by atoms with E-state index in [4.69, 9.17) is 5.14 Å². The third-order valence-corrected chi connectivity index (χ3v) is 4.53. The van der Waals surface area contributed by atoms with Crippen LogP contribution in [0.5, 0.6) is 0 Å². The molecule has 67 valence electrons. The lowest BCUT2D eigenvalue weighted by atomic mass is 9.94. The minimum absolute atomic E-state index is 0.00463. The lowest BCUT2D eigenvalue weighted by Crippen LogP contribution is -2.40. The van der Waals surface area contributed by atoms with Crippen LogP contribution >= 0.6 is 0 Å². The highest BCUT2D eigenvalue weighted by Crippen LogP contribution is 2.28. The Morgan fingerprint density at radius 1 is 1.45 bits per heavy atom. The third-order valence-electron chi connectivity index (χ3n) is 2.54. The summed E-state index contributed by atoms with van der Waals surface area (Å²) in [7, 11) is -3.66. The Bertz CT molecular complexity index is 221. The molecule has 0 aromatic carbocycles. The molecule has 0 aromatic heterocycles. The maximum atomic E-state index is 11.0. The molecule has 0 fully saturated rings. The molecule has 0 rings (SSSR count). The topological polar surface area (TPSA) is 57.9 Å². The molecule has 4 heteroatoms. The van der Waals surface area contributed by atoms with Crippen molar-refractivity contribution in [2.75, 3.05) is 0 Å². The summed E-state index contributed by atoms with van der Waals surface area (Å²) in [4.78, 5) is 0. The van der Waals surface area contributed by atoms with E-state index in [-0.39, 0.29) is 5.92 Å². The number of rotatable bonds is 3. The van der Waals surface area contributed by atoms with Crippen molar-refractivity contribution in [3.05, 3.63) is 0 Å². The first-order valence-electron chi connectivity index (χ1n) is 3.75. The Hall–Kier alpha value is -0.0900. The summed E-state index contributed by atoms with van der Waals surface area (Å²) in [6.07, 6.45) is 0.497. The predicted octanol–water partition coefficient (Wildman–Crippen LogP) is 1.42.